The van der Waals surface area contributed by atoms with Crippen molar-refractivity contribution in [2.24, 2.45) is 0 Å². The first-order valence-corrected chi connectivity index (χ1v) is 5.91. The standard InChI is InChI=1S/C14H15ClN/c15-13-6-8-14(9-7-13)16-11-10-12-4-2-1-3-5-12/h1-2,4-9,16H,3,10-11H2. The molecule has 16 heavy (non-hydrogen) atoms. The predicted octanol–water partition coefficient (Wildman–Crippen LogP) is 4.23. The van der Waals surface area contributed by atoms with Gasteiger partial charge in [-0.1, -0.05) is 35.4 Å². The molecule has 0 saturated carbocycles. The molecule has 0 bridgehead atoms. The number of halogens is 1. The summed E-state index contributed by atoms with van der Waals surface area (Å²) in [4.78, 5) is 0. The van der Waals surface area contributed by atoms with Gasteiger partial charge in [-0.15, -0.1) is 0 Å². The monoisotopic (exact) mass is 232 g/mol. The van der Waals surface area contributed by atoms with E-state index in [2.05, 4.69) is 30.0 Å². The zero-order chi connectivity index (χ0) is 11.2. The van der Waals surface area contributed by atoms with E-state index in [-0.39, 0.29) is 0 Å². The molecule has 1 nitrogen and oxygen atoms in total. The van der Waals surface area contributed by atoms with Crippen LogP contribution in [0.1, 0.15) is 12.8 Å². The summed E-state index contributed by atoms with van der Waals surface area (Å²) in [5, 5.41) is 4.15. The van der Waals surface area contributed by atoms with Crippen LogP contribution < -0.4 is 5.32 Å². The molecule has 0 atom stereocenters. The van der Waals surface area contributed by atoms with Gasteiger partial charge in [0.1, 0.15) is 0 Å². The minimum absolute atomic E-state index is 0.777. The highest BCUT2D eigenvalue weighted by molar-refractivity contribution is 6.30. The third-order valence-corrected chi connectivity index (χ3v) is 2.80. The van der Waals surface area contributed by atoms with Crippen LogP contribution in [0.4, 0.5) is 5.69 Å². The van der Waals surface area contributed by atoms with Crippen LogP contribution in [-0.4, -0.2) is 6.54 Å². The first kappa shape index (κ1) is 11.3. The van der Waals surface area contributed by atoms with Crippen molar-refractivity contribution in [3.63, 3.8) is 0 Å². The van der Waals surface area contributed by atoms with E-state index in [0.717, 1.165) is 30.1 Å². The summed E-state index contributed by atoms with van der Waals surface area (Å²) in [5.74, 6) is 0. The fourth-order valence-corrected chi connectivity index (χ4v) is 1.79. The molecule has 1 N–H and O–H groups in total. The van der Waals surface area contributed by atoms with Crippen molar-refractivity contribution in [3.05, 3.63) is 59.5 Å². The molecule has 1 aromatic carbocycles. The zero-order valence-corrected chi connectivity index (χ0v) is 9.87. The number of anilines is 1. The average Bonchev–Trinajstić information content (AvgIpc) is 2.33. The van der Waals surface area contributed by atoms with E-state index in [4.69, 9.17) is 11.6 Å². The molecule has 1 radical (unpaired) electrons. The summed E-state index contributed by atoms with van der Waals surface area (Å²) in [7, 11) is 0. The number of hydrogen-bond acceptors (Lipinski definition) is 1. The SMILES string of the molecule is Clc1ccc(NCCC2=CC[CH]C=C2)cc1. The molecule has 0 heterocycles. The highest BCUT2D eigenvalue weighted by Crippen LogP contribution is 2.15. The van der Waals surface area contributed by atoms with Gasteiger partial charge >= 0.3 is 0 Å². The van der Waals surface area contributed by atoms with Gasteiger partial charge in [-0.3, -0.25) is 0 Å². The van der Waals surface area contributed by atoms with E-state index < -0.39 is 0 Å². The normalized spacial score (nSPS) is 14.7. The summed E-state index contributed by atoms with van der Waals surface area (Å²) in [6.45, 7) is 0.956. The van der Waals surface area contributed by atoms with E-state index in [0.29, 0.717) is 0 Å². The van der Waals surface area contributed by atoms with E-state index >= 15 is 0 Å². The Morgan fingerprint density at radius 3 is 2.69 bits per heavy atom. The van der Waals surface area contributed by atoms with Gasteiger partial charge in [-0.2, -0.15) is 0 Å². The molecule has 0 fully saturated rings. The Balaban J connectivity index is 1.77. The molecule has 1 aliphatic carbocycles. The first-order chi connectivity index (χ1) is 7.84. The number of benzene rings is 1. The molecule has 0 aliphatic heterocycles. The Morgan fingerprint density at radius 1 is 1.19 bits per heavy atom. The zero-order valence-electron chi connectivity index (χ0n) is 9.12. The Morgan fingerprint density at radius 2 is 2.00 bits per heavy atom. The molecule has 1 aliphatic rings. The fourth-order valence-electron chi connectivity index (χ4n) is 1.66. The minimum atomic E-state index is 0.777. The van der Waals surface area contributed by atoms with Gasteiger partial charge in [0.05, 0.1) is 0 Å². The number of nitrogens with one attached hydrogen (secondary N) is 1. The maximum atomic E-state index is 5.82. The highest BCUT2D eigenvalue weighted by Gasteiger charge is 1.97. The van der Waals surface area contributed by atoms with E-state index in [1.807, 2.05) is 24.3 Å². The van der Waals surface area contributed by atoms with E-state index in [9.17, 15) is 0 Å². The summed E-state index contributed by atoms with van der Waals surface area (Å²) >= 11 is 5.82. The molecule has 1 aromatic rings. The van der Waals surface area contributed by atoms with Crippen molar-refractivity contribution in [1.82, 2.24) is 0 Å². The van der Waals surface area contributed by atoms with Crippen molar-refractivity contribution in [2.75, 3.05) is 11.9 Å². The van der Waals surface area contributed by atoms with Crippen LogP contribution in [0, 0.1) is 6.42 Å². The third kappa shape index (κ3) is 3.42. The van der Waals surface area contributed by atoms with Crippen LogP contribution in [0.25, 0.3) is 0 Å². The van der Waals surface area contributed by atoms with Gasteiger partial charge in [0.15, 0.2) is 0 Å². The van der Waals surface area contributed by atoms with Crippen LogP contribution in [0.15, 0.2) is 48.1 Å². The second kappa shape index (κ2) is 5.76. The van der Waals surface area contributed by atoms with Crippen LogP contribution in [0.3, 0.4) is 0 Å². The molecular weight excluding hydrogens is 218 g/mol. The Labute approximate surface area is 102 Å². The molecule has 83 valence electrons. The van der Waals surface area contributed by atoms with E-state index in [1.54, 1.807) is 0 Å². The van der Waals surface area contributed by atoms with Crippen LogP contribution >= 0.6 is 11.6 Å². The smallest absolute Gasteiger partial charge is 0.0407 e. The lowest BCUT2D eigenvalue weighted by molar-refractivity contribution is 1.00. The summed E-state index contributed by atoms with van der Waals surface area (Å²) in [5.41, 5.74) is 2.53. The number of rotatable bonds is 4. The predicted molar refractivity (Wildman–Crippen MR) is 70.7 cm³/mol. The molecule has 0 amide bonds. The molecule has 0 spiro atoms. The number of hydrogen-bond donors (Lipinski definition) is 1. The van der Waals surface area contributed by atoms with Gasteiger partial charge in [0.25, 0.3) is 0 Å². The molecule has 2 rings (SSSR count). The molecule has 0 aromatic heterocycles. The minimum Gasteiger partial charge on any atom is -0.385 e. The second-order valence-electron chi connectivity index (χ2n) is 3.79. The topological polar surface area (TPSA) is 12.0 Å². The van der Waals surface area contributed by atoms with Gasteiger partial charge in [0.2, 0.25) is 0 Å². The van der Waals surface area contributed by atoms with Crippen molar-refractivity contribution in [2.45, 2.75) is 12.8 Å². The van der Waals surface area contributed by atoms with Gasteiger partial charge in [0, 0.05) is 17.3 Å². The fraction of sp³-hybridized carbons (Fsp3) is 0.214. The number of allylic oxidation sites excluding steroid dienone is 3. The van der Waals surface area contributed by atoms with Crippen molar-refractivity contribution < 1.29 is 0 Å². The molecule has 2 heteroatoms. The summed E-state index contributed by atoms with van der Waals surface area (Å²) < 4.78 is 0. The Kier molecular flexibility index (Phi) is 4.06. The quantitative estimate of drug-likeness (QED) is 0.819. The second-order valence-corrected chi connectivity index (χ2v) is 4.23. The molecule has 0 saturated heterocycles. The average molecular weight is 233 g/mol. The largest absolute Gasteiger partial charge is 0.385 e. The van der Waals surface area contributed by atoms with Crippen molar-refractivity contribution in [1.29, 1.82) is 0 Å². The van der Waals surface area contributed by atoms with Gasteiger partial charge in [-0.05, 0) is 43.5 Å². The van der Waals surface area contributed by atoms with Crippen molar-refractivity contribution in [3.8, 4) is 0 Å². The maximum absolute atomic E-state index is 5.82. The Hall–Kier alpha value is -1.21. The van der Waals surface area contributed by atoms with Crippen LogP contribution in [0.5, 0.6) is 0 Å². The summed E-state index contributed by atoms with van der Waals surface area (Å²) in [6.07, 6.45) is 10.9. The van der Waals surface area contributed by atoms with Crippen LogP contribution in [0.2, 0.25) is 5.02 Å². The van der Waals surface area contributed by atoms with Crippen molar-refractivity contribution >= 4 is 17.3 Å². The first-order valence-electron chi connectivity index (χ1n) is 5.53. The lowest BCUT2D eigenvalue weighted by Gasteiger charge is -2.09. The molecule has 0 unspecified atom stereocenters. The van der Waals surface area contributed by atoms with Gasteiger partial charge < -0.3 is 5.32 Å². The lowest BCUT2D eigenvalue weighted by Crippen LogP contribution is -2.02. The van der Waals surface area contributed by atoms with Gasteiger partial charge in [-0.25, -0.2) is 0 Å². The maximum Gasteiger partial charge on any atom is 0.0407 e. The van der Waals surface area contributed by atoms with E-state index in [1.165, 1.54) is 5.57 Å². The third-order valence-electron chi connectivity index (χ3n) is 2.55. The summed E-state index contributed by atoms with van der Waals surface area (Å²) in [6, 6.07) is 7.81. The Bertz CT molecular complexity index is 390. The lowest BCUT2D eigenvalue weighted by atomic mass is 10.0. The van der Waals surface area contributed by atoms with Crippen LogP contribution in [-0.2, 0) is 0 Å². The molecular formula is C14H15ClN. The highest BCUT2D eigenvalue weighted by atomic mass is 35.5.